The molecule has 0 radical (unpaired) electrons. The van der Waals surface area contributed by atoms with E-state index >= 15 is 0 Å². The lowest BCUT2D eigenvalue weighted by atomic mass is 10.1. The zero-order chi connectivity index (χ0) is 16.4. The number of likely N-dealkylation sites (tertiary alicyclic amines) is 1. The van der Waals surface area contributed by atoms with Crippen LogP contribution in [0.2, 0.25) is 0 Å². The Bertz CT molecular complexity index is 687. The number of aromatic nitrogens is 2. The first-order valence-corrected chi connectivity index (χ1v) is 8.26. The normalized spacial score (nSPS) is 17.5. The lowest BCUT2D eigenvalue weighted by molar-refractivity contribution is 0.204. The monoisotopic (exact) mass is 312 g/mol. The highest BCUT2D eigenvalue weighted by Crippen LogP contribution is 2.32. The van der Waals surface area contributed by atoms with E-state index in [9.17, 15) is 4.79 Å². The third-order valence-electron chi connectivity index (χ3n) is 4.38. The molecular weight excluding hydrogens is 288 g/mol. The fraction of sp³-hybridized carbons (Fsp3) is 0.444. The van der Waals surface area contributed by atoms with Gasteiger partial charge in [-0.2, -0.15) is 5.10 Å². The smallest absolute Gasteiger partial charge is 0.316 e. The van der Waals surface area contributed by atoms with Crippen molar-refractivity contribution in [3.05, 3.63) is 47.3 Å². The summed E-state index contributed by atoms with van der Waals surface area (Å²) in [7, 11) is 0. The van der Waals surface area contributed by atoms with Crippen LogP contribution in [0.25, 0.3) is 0 Å². The Balaban J connectivity index is 1.78. The molecule has 122 valence electrons. The first-order chi connectivity index (χ1) is 11.1. The van der Waals surface area contributed by atoms with E-state index in [1.54, 1.807) is 0 Å². The van der Waals surface area contributed by atoms with Gasteiger partial charge in [0.15, 0.2) is 0 Å². The van der Waals surface area contributed by atoms with Crippen molar-refractivity contribution in [2.45, 2.75) is 46.2 Å². The molecule has 1 atom stereocenters. The third kappa shape index (κ3) is 3.23. The highest BCUT2D eigenvalue weighted by molar-refractivity contribution is 5.90. The largest absolute Gasteiger partial charge is 0.322 e. The van der Waals surface area contributed by atoms with E-state index in [-0.39, 0.29) is 12.1 Å². The molecule has 3 rings (SSSR count). The number of rotatable bonds is 3. The molecule has 1 N–H and O–H groups in total. The zero-order valence-electron chi connectivity index (χ0n) is 14.0. The maximum Gasteiger partial charge on any atom is 0.322 e. The lowest BCUT2D eigenvalue weighted by Crippen LogP contribution is -2.35. The SMILES string of the molecule is CCn1nccc1[C@@H]1CCCN1C(=O)Nc1cc(C)cc(C)c1. The Kier molecular flexibility index (Phi) is 4.37. The Morgan fingerprint density at radius 2 is 2.04 bits per heavy atom. The van der Waals surface area contributed by atoms with Crippen LogP contribution in [0.1, 0.15) is 42.6 Å². The minimum absolute atomic E-state index is 0.0265. The number of carbonyl (C=O) groups is 1. The summed E-state index contributed by atoms with van der Waals surface area (Å²) in [6.45, 7) is 7.77. The zero-order valence-corrected chi connectivity index (χ0v) is 14.0. The van der Waals surface area contributed by atoms with Crippen LogP contribution in [0.3, 0.4) is 0 Å². The molecule has 2 aromatic rings. The highest BCUT2D eigenvalue weighted by Gasteiger charge is 2.32. The van der Waals surface area contributed by atoms with Crippen molar-refractivity contribution in [2.75, 3.05) is 11.9 Å². The van der Waals surface area contributed by atoms with Crippen molar-refractivity contribution in [3.63, 3.8) is 0 Å². The molecule has 23 heavy (non-hydrogen) atoms. The predicted octanol–water partition coefficient (Wildman–Crippen LogP) is 3.89. The van der Waals surface area contributed by atoms with Crippen LogP contribution < -0.4 is 5.32 Å². The number of anilines is 1. The number of benzene rings is 1. The number of nitrogens with zero attached hydrogens (tertiary/aromatic N) is 3. The number of aryl methyl sites for hydroxylation is 3. The fourth-order valence-electron chi connectivity index (χ4n) is 3.45. The second-order valence-corrected chi connectivity index (χ2v) is 6.23. The highest BCUT2D eigenvalue weighted by atomic mass is 16.2. The number of urea groups is 1. The molecule has 0 bridgehead atoms. The minimum Gasteiger partial charge on any atom is -0.316 e. The molecular formula is C18H24N4O. The minimum atomic E-state index is -0.0265. The van der Waals surface area contributed by atoms with Crippen LogP contribution in [0.4, 0.5) is 10.5 Å². The van der Waals surface area contributed by atoms with Gasteiger partial charge in [-0.25, -0.2) is 4.79 Å². The summed E-state index contributed by atoms with van der Waals surface area (Å²) in [6.07, 6.45) is 3.84. The molecule has 1 saturated heterocycles. The molecule has 1 aromatic heterocycles. The van der Waals surface area contributed by atoms with Gasteiger partial charge in [0.1, 0.15) is 0 Å². The van der Waals surface area contributed by atoms with E-state index < -0.39 is 0 Å². The van der Waals surface area contributed by atoms with E-state index in [1.807, 2.05) is 47.8 Å². The van der Waals surface area contributed by atoms with Gasteiger partial charge in [0.05, 0.1) is 11.7 Å². The molecule has 0 saturated carbocycles. The van der Waals surface area contributed by atoms with Crippen LogP contribution in [-0.4, -0.2) is 27.3 Å². The fourth-order valence-corrected chi connectivity index (χ4v) is 3.45. The number of amides is 2. The molecule has 0 aliphatic carbocycles. The molecule has 0 unspecified atom stereocenters. The van der Waals surface area contributed by atoms with Gasteiger partial charge in [0.2, 0.25) is 0 Å². The Morgan fingerprint density at radius 3 is 2.74 bits per heavy atom. The standard InChI is InChI=1S/C18H24N4O/c1-4-22-17(7-8-19-22)16-6-5-9-21(16)18(23)20-15-11-13(2)10-14(3)12-15/h7-8,10-12,16H,4-6,9H2,1-3H3,(H,20,23)/t16-/m0/s1. The summed E-state index contributed by atoms with van der Waals surface area (Å²) in [5.74, 6) is 0. The second kappa shape index (κ2) is 6.44. The molecule has 5 heteroatoms. The lowest BCUT2D eigenvalue weighted by Gasteiger charge is -2.25. The van der Waals surface area contributed by atoms with Gasteiger partial charge < -0.3 is 10.2 Å². The Labute approximate surface area is 137 Å². The number of hydrogen-bond acceptors (Lipinski definition) is 2. The molecule has 0 spiro atoms. The van der Waals surface area contributed by atoms with Crippen LogP contribution in [-0.2, 0) is 6.54 Å². The summed E-state index contributed by atoms with van der Waals surface area (Å²) in [5, 5.41) is 7.39. The van der Waals surface area contributed by atoms with Gasteiger partial charge in [-0.15, -0.1) is 0 Å². The van der Waals surface area contributed by atoms with Gasteiger partial charge in [-0.1, -0.05) is 6.07 Å². The third-order valence-corrected chi connectivity index (χ3v) is 4.38. The van der Waals surface area contributed by atoms with Crippen molar-refractivity contribution in [1.82, 2.24) is 14.7 Å². The summed E-state index contributed by atoms with van der Waals surface area (Å²) < 4.78 is 1.98. The molecule has 1 aliphatic heterocycles. The van der Waals surface area contributed by atoms with E-state index in [2.05, 4.69) is 23.4 Å². The van der Waals surface area contributed by atoms with Gasteiger partial charge in [0, 0.05) is 25.0 Å². The van der Waals surface area contributed by atoms with Gasteiger partial charge in [0.25, 0.3) is 0 Å². The molecule has 1 aliphatic rings. The van der Waals surface area contributed by atoms with Gasteiger partial charge >= 0.3 is 6.03 Å². The number of carbonyl (C=O) groups excluding carboxylic acids is 1. The molecule has 2 heterocycles. The topological polar surface area (TPSA) is 50.2 Å². The quantitative estimate of drug-likeness (QED) is 0.934. The van der Waals surface area contributed by atoms with Crippen molar-refractivity contribution in [2.24, 2.45) is 0 Å². The molecule has 1 aromatic carbocycles. The second-order valence-electron chi connectivity index (χ2n) is 6.23. The van der Waals surface area contributed by atoms with Crippen LogP contribution in [0.15, 0.2) is 30.5 Å². The summed E-state index contributed by atoms with van der Waals surface area (Å²) in [5.41, 5.74) is 4.30. The average Bonchev–Trinajstić information content (AvgIpc) is 3.14. The van der Waals surface area contributed by atoms with Crippen molar-refractivity contribution in [3.8, 4) is 0 Å². The molecule has 5 nitrogen and oxygen atoms in total. The number of nitrogens with one attached hydrogen (secondary N) is 1. The maximum absolute atomic E-state index is 12.7. The first-order valence-electron chi connectivity index (χ1n) is 8.26. The van der Waals surface area contributed by atoms with Gasteiger partial charge in [-0.3, -0.25) is 4.68 Å². The van der Waals surface area contributed by atoms with Crippen molar-refractivity contribution < 1.29 is 4.79 Å². The summed E-state index contributed by atoms with van der Waals surface area (Å²) in [6, 6.07) is 8.23. The predicted molar refractivity (Wildman–Crippen MR) is 91.5 cm³/mol. The van der Waals surface area contributed by atoms with Crippen LogP contribution >= 0.6 is 0 Å². The van der Waals surface area contributed by atoms with E-state index in [4.69, 9.17) is 0 Å². The number of hydrogen-bond donors (Lipinski definition) is 1. The van der Waals surface area contributed by atoms with E-state index in [0.29, 0.717) is 0 Å². The van der Waals surface area contributed by atoms with E-state index in [0.717, 1.165) is 48.4 Å². The summed E-state index contributed by atoms with van der Waals surface area (Å²) in [4.78, 5) is 14.7. The summed E-state index contributed by atoms with van der Waals surface area (Å²) >= 11 is 0. The van der Waals surface area contributed by atoms with Crippen molar-refractivity contribution in [1.29, 1.82) is 0 Å². The van der Waals surface area contributed by atoms with Crippen LogP contribution in [0.5, 0.6) is 0 Å². The van der Waals surface area contributed by atoms with E-state index in [1.165, 1.54) is 0 Å². The molecule has 1 fully saturated rings. The average molecular weight is 312 g/mol. The molecule has 2 amide bonds. The first kappa shape index (κ1) is 15.6. The van der Waals surface area contributed by atoms with Crippen molar-refractivity contribution >= 4 is 11.7 Å². The Hall–Kier alpha value is -2.30. The van der Waals surface area contributed by atoms with Crippen LogP contribution in [0, 0.1) is 13.8 Å². The maximum atomic E-state index is 12.7. The Morgan fingerprint density at radius 1 is 1.30 bits per heavy atom. The van der Waals surface area contributed by atoms with Gasteiger partial charge in [-0.05, 0) is 62.9 Å².